The Morgan fingerprint density at radius 3 is 2.42 bits per heavy atom. The van der Waals surface area contributed by atoms with Crippen LogP contribution in [0.25, 0.3) is 32.1 Å². The summed E-state index contributed by atoms with van der Waals surface area (Å²) in [5, 5.41) is 15.5. The zero-order valence-corrected chi connectivity index (χ0v) is 22.7. The minimum atomic E-state index is -4.99. The van der Waals surface area contributed by atoms with E-state index in [1.165, 1.54) is 7.05 Å². The van der Waals surface area contributed by atoms with Crippen LogP contribution in [-0.4, -0.2) is 42.2 Å². The Morgan fingerprint density at radius 1 is 1.15 bits per heavy atom. The minimum Gasteiger partial charge on any atom is -0.389 e. The van der Waals surface area contributed by atoms with Gasteiger partial charge in [-0.15, -0.1) is 11.3 Å². The molecule has 4 aromatic rings. The molecular weight excluding hydrogens is 549 g/mol. The van der Waals surface area contributed by atoms with Crippen molar-refractivity contribution in [3.8, 4) is 17.2 Å². The molecule has 2 fully saturated rings. The number of nitrogens with one attached hydrogen (secondary N) is 2. The van der Waals surface area contributed by atoms with Crippen molar-refractivity contribution in [2.24, 2.45) is 0 Å². The van der Waals surface area contributed by atoms with Crippen molar-refractivity contribution in [1.29, 1.82) is 5.26 Å². The molecule has 0 spiro atoms. The fourth-order valence-electron chi connectivity index (χ4n) is 5.53. The molecule has 4 heterocycles. The number of alkyl halides is 3. The highest BCUT2D eigenvalue weighted by molar-refractivity contribution is 7.23. The Bertz CT molecular complexity index is 1650. The van der Waals surface area contributed by atoms with Crippen LogP contribution in [0, 0.1) is 23.0 Å². The number of nitrogen functional groups attached to an aromatic ring is 1. The first-order valence-corrected chi connectivity index (χ1v) is 13.6. The molecule has 2 aromatic carbocycles. The molecule has 40 heavy (non-hydrogen) atoms. The zero-order valence-electron chi connectivity index (χ0n) is 21.9. The molecule has 2 aromatic heterocycles. The van der Waals surface area contributed by atoms with Gasteiger partial charge in [0.25, 0.3) is 0 Å². The first-order chi connectivity index (χ1) is 19.1. The van der Waals surface area contributed by atoms with Gasteiger partial charge in [0, 0.05) is 48.6 Å². The van der Waals surface area contributed by atoms with E-state index in [0.717, 1.165) is 42.4 Å². The Hall–Kier alpha value is -3.76. The molecule has 2 bridgehead atoms. The molecule has 13 heteroatoms. The lowest BCUT2D eigenvalue weighted by molar-refractivity contribution is -0.137. The third-order valence-electron chi connectivity index (χ3n) is 7.16. The average molecular weight is 576 g/mol. The number of fused-ring (bicyclic) bond motifs is 4. The van der Waals surface area contributed by atoms with E-state index in [9.17, 15) is 22.8 Å². The normalized spacial score (nSPS) is 18.5. The Kier molecular flexibility index (Phi) is 7.18. The predicted octanol–water partition coefficient (Wildman–Crippen LogP) is 6.27. The molecule has 7 nitrogen and oxygen atoms in total. The first-order valence-electron chi connectivity index (χ1n) is 12.8. The maximum absolute atomic E-state index is 16.4. The van der Waals surface area contributed by atoms with E-state index in [1.54, 1.807) is 0 Å². The lowest BCUT2D eigenvalue weighted by atomic mass is 9.92. The van der Waals surface area contributed by atoms with Crippen LogP contribution in [0.2, 0.25) is 0 Å². The van der Waals surface area contributed by atoms with Crippen molar-refractivity contribution in [3.63, 3.8) is 0 Å². The number of aromatic nitrogens is 2. The minimum absolute atomic E-state index is 0.0460. The van der Waals surface area contributed by atoms with Crippen LogP contribution in [-0.2, 0) is 6.18 Å². The van der Waals surface area contributed by atoms with Gasteiger partial charge in [0.2, 0.25) is 5.95 Å². The average Bonchev–Trinajstić information content (AvgIpc) is 3.46. The van der Waals surface area contributed by atoms with Crippen molar-refractivity contribution in [3.05, 3.63) is 41.0 Å². The van der Waals surface area contributed by atoms with Crippen molar-refractivity contribution in [2.75, 3.05) is 36.1 Å². The van der Waals surface area contributed by atoms with Gasteiger partial charge in [0.15, 0.2) is 5.82 Å². The molecule has 0 aliphatic carbocycles. The SMILES string of the molecule is CC.CNc1nc(N2CC3CCC(C2)N3)c2cc(C(F)(F)F)c(-c3ccc(F)c4sc(N)c(C#N)c34)c(F)c2n1. The molecule has 2 unspecified atom stereocenters. The van der Waals surface area contributed by atoms with Gasteiger partial charge in [-0.05, 0) is 30.5 Å². The monoisotopic (exact) mass is 575 g/mol. The molecule has 0 amide bonds. The molecule has 2 aliphatic heterocycles. The number of rotatable bonds is 3. The summed E-state index contributed by atoms with van der Waals surface area (Å²) < 4.78 is 74.6. The van der Waals surface area contributed by atoms with E-state index in [1.807, 2.05) is 24.8 Å². The Balaban J connectivity index is 0.00000158. The summed E-state index contributed by atoms with van der Waals surface area (Å²) in [6, 6.07) is 4.97. The Labute approximate surface area is 230 Å². The van der Waals surface area contributed by atoms with Gasteiger partial charge in [-0.25, -0.2) is 13.8 Å². The summed E-state index contributed by atoms with van der Waals surface area (Å²) >= 11 is 0.724. The van der Waals surface area contributed by atoms with Crippen LogP contribution in [0.15, 0.2) is 18.2 Å². The van der Waals surface area contributed by atoms with Crippen molar-refractivity contribution in [2.45, 2.75) is 44.9 Å². The number of nitrogens with zero attached hydrogens (tertiary/aromatic N) is 4. The highest BCUT2D eigenvalue weighted by Crippen LogP contribution is 2.48. The third kappa shape index (κ3) is 4.45. The van der Waals surface area contributed by atoms with Gasteiger partial charge < -0.3 is 21.3 Å². The molecule has 2 aliphatic rings. The van der Waals surface area contributed by atoms with E-state index >= 15 is 4.39 Å². The number of benzene rings is 2. The molecule has 2 atom stereocenters. The zero-order chi connectivity index (χ0) is 28.9. The molecule has 4 N–H and O–H groups in total. The highest BCUT2D eigenvalue weighted by atomic mass is 32.1. The quantitative estimate of drug-likeness (QED) is 0.248. The van der Waals surface area contributed by atoms with Gasteiger partial charge in [-0.2, -0.15) is 23.4 Å². The van der Waals surface area contributed by atoms with Gasteiger partial charge in [0.1, 0.15) is 28.2 Å². The largest absolute Gasteiger partial charge is 0.417 e. The van der Waals surface area contributed by atoms with Crippen LogP contribution in [0.1, 0.15) is 37.8 Å². The Morgan fingerprint density at radius 2 is 1.82 bits per heavy atom. The first kappa shape index (κ1) is 27.8. The second kappa shape index (κ2) is 10.3. The topological polar surface area (TPSA) is 103 Å². The lowest BCUT2D eigenvalue weighted by Crippen LogP contribution is -2.51. The number of nitriles is 1. The summed E-state index contributed by atoms with van der Waals surface area (Å²) in [6.07, 6.45) is -3.12. The number of hydrogen-bond acceptors (Lipinski definition) is 8. The maximum Gasteiger partial charge on any atom is 0.417 e. The summed E-state index contributed by atoms with van der Waals surface area (Å²) in [5.41, 5.74) is 2.97. The van der Waals surface area contributed by atoms with Crippen LogP contribution >= 0.6 is 11.3 Å². The van der Waals surface area contributed by atoms with Gasteiger partial charge in [-0.3, -0.25) is 0 Å². The maximum atomic E-state index is 16.4. The third-order valence-corrected chi connectivity index (χ3v) is 8.18. The van der Waals surface area contributed by atoms with Crippen molar-refractivity contribution in [1.82, 2.24) is 15.3 Å². The van der Waals surface area contributed by atoms with E-state index in [4.69, 9.17) is 5.73 Å². The molecule has 6 rings (SSSR count). The summed E-state index contributed by atoms with van der Waals surface area (Å²) in [6.45, 7) is 5.02. The number of halogens is 5. The van der Waals surface area contributed by atoms with Crippen LogP contribution in [0.4, 0.5) is 38.7 Å². The smallest absolute Gasteiger partial charge is 0.389 e. The number of thiophene rings is 1. The number of hydrogen-bond donors (Lipinski definition) is 3. The number of anilines is 3. The standard InChI is InChI=1S/C25H20F5N7S.C2H6/c1-33-24-35-20-13(23(36-24)37-8-10-2-3-11(9-37)34-10)6-15(25(28,29)30)18(19(20)27)12-4-5-16(26)21-17(12)14(7-31)22(32)38-21;1-2/h4-6,10-11,34H,2-3,8-9,32H2,1H3,(H,33,35,36);1-2H3. The second-order valence-corrected chi connectivity index (χ2v) is 10.5. The van der Waals surface area contributed by atoms with Crippen LogP contribution in [0.5, 0.6) is 0 Å². The van der Waals surface area contributed by atoms with E-state index in [2.05, 4.69) is 20.6 Å². The number of nitrogens with two attached hydrogens (primary N) is 1. The summed E-state index contributed by atoms with van der Waals surface area (Å²) in [7, 11) is 1.53. The van der Waals surface area contributed by atoms with E-state index in [-0.39, 0.29) is 61.0 Å². The van der Waals surface area contributed by atoms with Crippen molar-refractivity contribution >= 4 is 49.1 Å². The fourth-order valence-corrected chi connectivity index (χ4v) is 6.48. The summed E-state index contributed by atoms with van der Waals surface area (Å²) in [4.78, 5) is 10.5. The second-order valence-electron chi connectivity index (χ2n) is 9.42. The molecule has 0 radical (unpaired) electrons. The molecule has 210 valence electrons. The fraction of sp³-hybridized carbons (Fsp3) is 0.370. The van der Waals surface area contributed by atoms with E-state index < -0.39 is 28.9 Å². The van der Waals surface area contributed by atoms with Gasteiger partial charge in [-0.1, -0.05) is 19.9 Å². The molecule has 0 saturated carbocycles. The molecular formula is C27H26F5N7S. The lowest BCUT2D eigenvalue weighted by Gasteiger charge is -2.34. The predicted molar refractivity (Wildman–Crippen MR) is 147 cm³/mol. The van der Waals surface area contributed by atoms with Crippen LogP contribution in [0.3, 0.4) is 0 Å². The summed E-state index contributed by atoms with van der Waals surface area (Å²) in [5.74, 6) is -1.76. The van der Waals surface area contributed by atoms with Gasteiger partial charge >= 0.3 is 6.18 Å². The van der Waals surface area contributed by atoms with E-state index in [0.29, 0.717) is 13.1 Å². The molecule has 2 saturated heterocycles. The highest BCUT2D eigenvalue weighted by Gasteiger charge is 2.39. The van der Waals surface area contributed by atoms with Gasteiger partial charge in [0.05, 0.1) is 15.8 Å². The van der Waals surface area contributed by atoms with Crippen molar-refractivity contribution < 1.29 is 22.0 Å². The van der Waals surface area contributed by atoms with Crippen LogP contribution < -0.4 is 21.3 Å². The number of piperazine rings is 1.